The lowest BCUT2D eigenvalue weighted by Gasteiger charge is -2.14. The molecule has 0 unspecified atom stereocenters. The Morgan fingerprint density at radius 2 is 2.11 bits per heavy atom. The van der Waals surface area contributed by atoms with Crippen LogP contribution in [0.3, 0.4) is 0 Å². The predicted octanol–water partition coefficient (Wildman–Crippen LogP) is 3.66. The van der Waals surface area contributed by atoms with Crippen molar-refractivity contribution >= 4 is 10.9 Å². The molecule has 1 atom stereocenters. The molecular formula is C16H24N2. The van der Waals surface area contributed by atoms with Crippen molar-refractivity contribution in [3.63, 3.8) is 0 Å². The number of aryl methyl sites for hydroxylation is 1. The Balaban J connectivity index is 2.26. The molecule has 0 fully saturated rings. The molecule has 0 bridgehead atoms. The Bertz CT molecular complexity index is 499. The van der Waals surface area contributed by atoms with Crippen LogP contribution in [0.5, 0.6) is 0 Å². The molecule has 0 saturated carbocycles. The first kappa shape index (κ1) is 13.2. The lowest BCUT2D eigenvalue weighted by atomic mass is 10.0. The minimum absolute atomic E-state index is 0.583. The minimum atomic E-state index is 0.583. The average molecular weight is 244 g/mol. The lowest BCUT2D eigenvalue weighted by Crippen LogP contribution is -2.27. The molecule has 2 heteroatoms. The molecule has 2 aromatic rings. The fourth-order valence-electron chi connectivity index (χ4n) is 2.58. The second kappa shape index (κ2) is 6.05. The van der Waals surface area contributed by atoms with Crippen molar-refractivity contribution in [3.05, 3.63) is 35.5 Å². The summed E-state index contributed by atoms with van der Waals surface area (Å²) < 4.78 is 0. The third-order valence-electron chi connectivity index (χ3n) is 3.75. The molecule has 98 valence electrons. The van der Waals surface area contributed by atoms with E-state index in [-0.39, 0.29) is 0 Å². The molecule has 0 amide bonds. The van der Waals surface area contributed by atoms with Gasteiger partial charge in [-0.1, -0.05) is 26.3 Å². The molecule has 1 aromatic heterocycles. The van der Waals surface area contributed by atoms with Gasteiger partial charge in [0.1, 0.15) is 0 Å². The van der Waals surface area contributed by atoms with Crippen molar-refractivity contribution in [2.75, 3.05) is 7.05 Å². The van der Waals surface area contributed by atoms with Gasteiger partial charge in [0, 0.05) is 23.1 Å². The van der Waals surface area contributed by atoms with Crippen molar-refractivity contribution in [1.82, 2.24) is 10.3 Å². The van der Waals surface area contributed by atoms with Gasteiger partial charge in [-0.25, -0.2) is 0 Å². The normalized spacial score (nSPS) is 13.1. The Morgan fingerprint density at radius 1 is 1.28 bits per heavy atom. The highest BCUT2D eigenvalue weighted by atomic mass is 14.9. The summed E-state index contributed by atoms with van der Waals surface area (Å²) in [7, 11) is 2.06. The molecule has 2 rings (SSSR count). The standard InChI is InChI=1S/C16H24N2/c1-4-6-14(17-3)10-13-11-18-16-8-7-12(5-2)9-15(13)16/h7-9,11,14,17-18H,4-6,10H2,1-3H3/t14-/m1/s1. The molecule has 1 aromatic carbocycles. The van der Waals surface area contributed by atoms with Crippen LogP contribution in [0.15, 0.2) is 24.4 Å². The van der Waals surface area contributed by atoms with Gasteiger partial charge in [-0.05, 0) is 49.6 Å². The molecule has 0 aliphatic heterocycles. The van der Waals surface area contributed by atoms with Crippen molar-refractivity contribution in [1.29, 1.82) is 0 Å². The first-order chi connectivity index (χ1) is 8.78. The summed E-state index contributed by atoms with van der Waals surface area (Å²) in [4.78, 5) is 3.38. The summed E-state index contributed by atoms with van der Waals surface area (Å²) in [6.07, 6.45) is 6.84. The van der Waals surface area contributed by atoms with E-state index in [0.717, 1.165) is 12.8 Å². The van der Waals surface area contributed by atoms with Crippen molar-refractivity contribution in [3.8, 4) is 0 Å². The van der Waals surface area contributed by atoms with Crippen molar-refractivity contribution in [2.45, 2.75) is 45.6 Å². The Labute approximate surface area is 110 Å². The summed E-state index contributed by atoms with van der Waals surface area (Å²) >= 11 is 0. The third-order valence-corrected chi connectivity index (χ3v) is 3.75. The van der Waals surface area contributed by atoms with Crippen molar-refractivity contribution in [2.24, 2.45) is 0 Å². The number of aromatic amines is 1. The van der Waals surface area contributed by atoms with Gasteiger partial charge in [-0.15, -0.1) is 0 Å². The van der Waals surface area contributed by atoms with E-state index >= 15 is 0 Å². The number of benzene rings is 1. The first-order valence-electron chi connectivity index (χ1n) is 7.04. The third kappa shape index (κ3) is 2.75. The maximum absolute atomic E-state index is 3.42. The van der Waals surface area contributed by atoms with Crippen molar-refractivity contribution < 1.29 is 0 Å². The van der Waals surface area contributed by atoms with Crippen LogP contribution in [0.1, 0.15) is 37.8 Å². The summed E-state index contributed by atoms with van der Waals surface area (Å²) in [5.41, 5.74) is 4.11. The molecule has 0 aliphatic carbocycles. The van der Waals surface area contributed by atoms with Gasteiger partial charge in [0.05, 0.1) is 0 Å². The van der Waals surface area contributed by atoms with Crippen LogP contribution in [0.2, 0.25) is 0 Å². The Hall–Kier alpha value is -1.28. The van der Waals surface area contributed by atoms with E-state index in [0.29, 0.717) is 6.04 Å². The summed E-state index contributed by atoms with van der Waals surface area (Å²) in [5, 5.41) is 4.81. The van der Waals surface area contributed by atoms with E-state index in [2.05, 4.69) is 55.6 Å². The molecule has 0 radical (unpaired) electrons. The summed E-state index contributed by atoms with van der Waals surface area (Å²) in [5.74, 6) is 0. The van der Waals surface area contributed by atoms with Crippen LogP contribution in [-0.2, 0) is 12.8 Å². The number of likely N-dealkylation sites (N-methyl/N-ethyl adjacent to an activating group) is 1. The van der Waals surface area contributed by atoms with Gasteiger partial charge in [-0.3, -0.25) is 0 Å². The van der Waals surface area contributed by atoms with Crippen LogP contribution in [0, 0.1) is 0 Å². The number of aromatic nitrogens is 1. The number of rotatable bonds is 6. The SMILES string of the molecule is CCC[C@H](Cc1c[nH]c2ccc(CC)cc12)NC. The average Bonchev–Trinajstić information content (AvgIpc) is 2.80. The highest BCUT2D eigenvalue weighted by molar-refractivity contribution is 5.84. The Morgan fingerprint density at radius 3 is 2.78 bits per heavy atom. The largest absolute Gasteiger partial charge is 0.361 e. The smallest absolute Gasteiger partial charge is 0.0456 e. The van der Waals surface area contributed by atoms with E-state index in [1.54, 1.807) is 0 Å². The van der Waals surface area contributed by atoms with Gasteiger partial charge >= 0.3 is 0 Å². The van der Waals surface area contributed by atoms with Crippen LogP contribution in [-0.4, -0.2) is 18.1 Å². The van der Waals surface area contributed by atoms with E-state index < -0.39 is 0 Å². The molecule has 2 nitrogen and oxygen atoms in total. The predicted molar refractivity (Wildman–Crippen MR) is 79.1 cm³/mol. The summed E-state index contributed by atoms with van der Waals surface area (Å²) in [6.45, 7) is 4.45. The molecule has 0 saturated heterocycles. The lowest BCUT2D eigenvalue weighted by molar-refractivity contribution is 0.515. The van der Waals surface area contributed by atoms with Gasteiger partial charge in [0.15, 0.2) is 0 Å². The highest BCUT2D eigenvalue weighted by Gasteiger charge is 2.10. The van der Waals surface area contributed by atoms with Crippen LogP contribution in [0.4, 0.5) is 0 Å². The second-order valence-corrected chi connectivity index (χ2v) is 5.03. The Kier molecular flexibility index (Phi) is 4.43. The molecule has 0 spiro atoms. The molecule has 0 aliphatic rings. The number of hydrogen-bond donors (Lipinski definition) is 2. The van der Waals surface area contributed by atoms with Gasteiger partial charge in [-0.2, -0.15) is 0 Å². The molecular weight excluding hydrogens is 220 g/mol. The zero-order valence-electron chi connectivity index (χ0n) is 11.7. The maximum atomic E-state index is 3.42. The van der Waals surface area contributed by atoms with Gasteiger partial charge < -0.3 is 10.3 Å². The van der Waals surface area contributed by atoms with Gasteiger partial charge in [0.25, 0.3) is 0 Å². The quantitative estimate of drug-likeness (QED) is 0.797. The fraction of sp³-hybridized carbons (Fsp3) is 0.500. The van der Waals surface area contributed by atoms with E-state index in [1.165, 1.54) is 34.9 Å². The van der Waals surface area contributed by atoms with Crippen LogP contribution < -0.4 is 5.32 Å². The zero-order chi connectivity index (χ0) is 13.0. The number of hydrogen-bond acceptors (Lipinski definition) is 1. The zero-order valence-corrected chi connectivity index (χ0v) is 11.7. The minimum Gasteiger partial charge on any atom is -0.361 e. The van der Waals surface area contributed by atoms with E-state index in [4.69, 9.17) is 0 Å². The van der Waals surface area contributed by atoms with E-state index in [9.17, 15) is 0 Å². The maximum Gasteiger partial charge on any atom is 0.0456 e. The summed E-state index contributed by atoms with van der Waals surface area (Å²) in [6, 6.07) is 7.33. The first-order valence-corrected chi connectivity index (χ1v) is 7.04. The topological polar surface area (TPSA) is 27.8 Å². The molecule has 2 N–H and O–H groups in total. The van der Waals surface area contributed by atoms with Crippen LogP contribution >= 0.6 is 0 Å². The molecule has 1 heterocycles. The fourth-order valence-corrected chi connectivity index (χ4v) is 2.58. The number of H-pyrrole nitrogens is 1. The van der Waals surface area contributed by atoms with Crippen LogP contribution in [0.25, 0.3) is 10.9 Å². The molecule has 18 heavy (non-hydrogen) atoms. The van der Waals surface area contributed by atoms with E-state index in [1.807, 2.05) is 0 Å². The highest BCUT2D eigenvalue weighted by Crippen LogP contribution is 2.22. The number of fused-ring (bicyclic) bond motifs is 1. The number of nitrogens with one attached hydrogen (secondary N) is 2. The second-order valence-electron chi connectivity index (χ2n) is 5.03. The van der Waals surface area contributed by atoms with Gasteiger partial charge in [0.2, 0.25) is 0 Å². The monoisotopic (exact) mass is 244 g/mol.